The molecule has 0 aliphatic carbocycles. The molecule has 1 aliphatic rings. The van der Waals surface area contributed by atoms with Gasteiger partial charge in [-0.3, -0.25) is 9.89 Å². The van der Waals surface area contributed by atoms with Gasteiger partial charge in [0.25, 0.3) is 5.91 Å². The Morgan fingerprint density at radius 3 is 2.61 bits per heavy atom. The summed E-state index contributed by atoms with van der Waals surface area (Å²) in [6, 6.07) is 16.4. The van der Waals surface area contributed by atoms with Crippen LogP contribution in [-0.4, -0.2) is 34.1 Å². The molecule has 1 aromatic heterocycles. The van der Waals surface area contributed by atoms with E-state index in [1.54, 1.807) is 12.1 Å². The number of rotatable bonds is 5. The zero-order chi connectivity index (χ0) is 19.3. The van der Waals surface area contributed by atoms with Crippen LogP contribution < -0.4 is 0 Å². The van der Waals surface area contributed by atoms with Crippen molar-refractivity contribution >= 4 is 5.91 Å². The SMILES string of the molecule is O=C(c1cccc(F)c1)N1CCC(c2[nH]ncc2CCc2ccccc2)CC1. The van der Waals surface area contributed by atoms with Crippen LogP contribution in [0.5, 0.6) is 0 Å². The maximum Gasteiger partial charge on any atom is 0.253 e. The Hall–Kier alpha value is -2.95. The summed E-state index contributed by atoms with van der Waals surface area (Å²) < 4.78 is 13.4. The van der Waals surface area contributed by atoms with Crippen molar-refractivity contribution in [3.8, 4) is 0 Å². The molecule has 0 atom stereocenters. The molecule has 1 amide bonds. The molecule has 2 heterocycles. The van der Waals surface area contributed by atoms with E-state index in [1.807, 2.05) is 17.2 Å². The average molecular weight is 377 g/mol. The van der Waals surface area contributed by atoms with E-state index in [2.05, 4.69) is 34.5 Å². The zero-order valence-electron chi connectivity index (χ0n) is 15.8. The molecule has 4 rings (SSSR count). The molecule has 3 aromatic rings. The lowest BCUT2D eigenvalue weighted by Gasteiger charge is -2.32. The standard InChI is InChI=1S/C23H24FN3O/c24-21-8-4-7-19(15-21)23(28)27-13-11-18(12-14-27)22-20(16-25-26-22)10-9-17-5-2-1-3-6-17/h1-8,15-16,18H,9-14H2,(H,25,26). The Bertz CT molecular complexity index is 930. The number of nitrogens with zero attached hydrogens (tertiary/aromatic N) is 2. The van der Waals surface area contributed by atoms with Gasteiger partial charge in [-0.15, -0.1) is 0 Å². The largest absolute Gasteiger partial charge is 0.339 e. The van der Waals surface area contributed by atoms with Gasteiger partial charge in [0.1, 0.15) is 5.82 Å². The first-order chi connectivity index (χ1) is 13.7. The van der Waals surface area contributed by atoms with E-state index in [0.717, 1.165) is 25.7 Å². The summed E-state index contributed by atoms with van der Waals surface area (Å²) in [5, 5.41) is 7.47. The van der Waals surface area contributed by atoms with E-state index in [0.29, 0.717) is 24.6 Å². The second-order valence-electron chi connectivity index (χ2n) is 7.37. The number of benzene rings is 2. The van der Waals surface area contributed by atoms with Crippen LogP contribution in [0.25, 0.3) is 0 Å². The van der Waals surface area contributed by atoms with Crippen molar-refractivity contribution in [2.75, 3.05) is 13.1 Å². The number of halogens is 1. The predicted molar refractivity (Wildman–Crippen MR) is 107 cm³/mol. The number of H-pyrrole nitrogens is 1. The van der Waals surface area contributed by atoms with Gasteiger partial charge >= 0.3 is 0 Å². The van der Waals surface area contributed by atoms with Crippen LogP contribution in [0.15, 0.2) is 60.8 Å². The van der Waals surface area contributed by atoms with Gasteiger partial charge in [-0.25, -0.2) is 4.39 Å². The second kappa shape index (κ2) is 8.38. The van der Waals surface area contributed by atoms with Crippen LogP contribution in [0.3, 0.4) is 0 Å². The number of aromatic amines is 1. The second-order valence-corrected chi connectivity index (χ2v) is 7.37. The topological polar surface area (TPSA) is 49.0 Å². The molecule has 5 heteroatoms. The summed E-state index contributed by atoms with van der Waals surface area (Å²) in [7, 11) is 0. The molecule has 0 saturated carbocycles. The van der Waals surface area contributed by atoms with Gasteiger partial charge in [-0.05, 0) is 55.0 Å². The molecule has 0 unspecified atom stereocenters. The number of hydrogen-bond donors (Lipinski definition) is 1. The summed E-state index contributed by atoms with van der Waals surface area (Å²) in [5.41, 5.74) is 4.21. The number of piperidine rings is 1. The van der Waals surface area contributed by atoms with Crippen molar-refractivity contribution in [1.29, 1.82) is 0 Å². The molecule has 1 fully saturated rings. The van der Waals surface area contributed by atoms with Crippen LogP contribution in [0.1, 0.15) is 45.9 Å². The van der Waals surface area contributed by atoms with Gasteiger partial charge in [0, 0.05) is 30.3 Å². The van der Waals surface area contributed by atoms with Gasteiger partial charge in [0.15, 0.2) is 0 Å². The fraction of sp³-hybridized carbons (Fsp3) is 0.304. The Kier molecular flexibility index (Phi) is 5.51. The smallest absolute Gasteiger partial charge is 0.253 e. The number of nitrogens with one attached hydrogen (secondary N) is 1. The maximum atomic E-state index is 13.4. The van der Waals surface area contributed by atoms with Gasteiger partial charge < -0.3 is 4.90 Å². The molecule has 4 nitrogen and oxygen atoms in total. The maximum absolute atomic E-state index is 13.4. The molecule has 1 aliphatic heterocycles. The van der Waals surface area contributed by atoms with E-state index in [4.69, 9.17) is 0 Å². The van der Waals surface area contributed by atoms with Crippen LogP contribution in [-0.2, 0) is 12.8 Å². The predicted octanol–water partition coefficient (Wildman–Crippen LogP) is 4.35. The summed E-state index contributed by atoms with van der Waals surface area (Å²) in [5.74, 6) is -0.0852. The average Bonchev–Trinajstić information content (AvgIpc) is 3.21. The lowest BCUT2D eigenvalue weighted by molar-refractivity contribution is 0.0711. The monoisotopic (exact) mass is 377 g/mol. The molecular formula is C23H24FN3O. The van der Waals surface area contributed by atoms with Crippen LogP contribution in [0, 0.1) is 5.82 Å². The van der Waals surface area contributed by atoms with Crippen molar-refractivity contribution in [2.24, 2.45) is 0 Å². The van der Waals surface area contributed by atoms with E-state index < -0.39 is 0 Å². The first kappa shape index (κ1) is 18.4. The molecule has 2 aromatic carbocycles. The molecule has 144 valence electrons. The number of likely N-dealkylation sites (tertiary alicyclic amines) is 1. The van der Waals surface area contributed by atoms with Crippen LogP contribution in [0.4, 0.5) is 4.39 Å². The Balaban J connectivity index is 1.37. The molecule has 1 N–H and O–H groups in total. The Morgan fingerprint density at radius 1 is 1.07 bits per heavy atom. The minimum atomic E-state index is -0.374. The van der Waals surface area contributed by atoms with Crippen molar-refractivity contribution in [2.45, 2.75) is 31.6 Å². The lowest BCUT2D eigenvalue weighted by atomic mass is 9.89. The number of carbonyl (C=O) groups is 1. The minimum Gasteiger partial charge on any atom is -0.339 e. The van der Waals surface area contributed by atoms with Crippen molar-refractivity contribution in [3.05, 3.63) is 89.0 Å². The number of amides is 1. The summed E-state index contributed by atoms with van der Waals surface area (Å²) >= 11 is 0. The molecule has 0 radical (unpaired) electrons. The third kappa shape index (κ3) is 4.14. The fourth-order valence-electron chi connectivity index (χ4n) is 3.97. The third-order valence-electron chi connectivity index (χ3n) is 5.54. The molecule has 0 spiro atoms. The number of aryl methyl sites for hydroxylation is 2. The molecule has 1 saturated heterocycles. The lowest BCUT2D eigenvalue weighted by Crippen LogP contribution is -2.38. The number of aromatic nitrogens is 2. The van der Waals surface area contributed by atoms with Gasteiger partial charge in [-0.1, -0.05) is 36.4 Å². The highest BCUT2D eigenvalue weighted by atomic mass is 19.1. The van der Waals surface area contributed by atoms with Crippen LogP contribution in [0.2, 0.25) is 0 Å². The Labute approximate surface area is 164 Å². The molecule has 28 heavy (non-hydrogen) atoms. The highest BCUT2D eigenvalue weighted by molar-refractivity contribution is 5.94. The van der Waals surface area contributed by atoms with E-state index >= 15 is 0 Å². The van der Waals surface area contributed by atoms with E-state index in [-0.39, 0.29) is 11.7 Å². The fourth-order valence-corrected chi connectivity index (χ4v) is 3.97. The van der Waals surface area contributed by atoms with Gasteiger partial charge in [0.05, 0.1) is 6.20 Å². The Morgan fingerprint density at radius 2 is 1.86 bits per heavy atom. The van der Waals surface area contributed by atoms with Crippen LogP contribution >= 0.6 is 0 Å². The summed E-state index contributed by atoms with van der Waals surface area (Å²) in [4.78, 5) is 14.4. The highest BCUT2D eigenvalue weighted by Crippen LogP contribution is 2.30. The number of carbonyl (C=O) groups excluding carboxylic acids is 1. The summed E-state index contributed by atoms with van der Waals surface area (Å²) in [6.07, 6.45) is 5.66. The quantitative estimate of drug-likeness (QED) is 0.718. The molecule has 0 bridgehead atoms. The van der Waals surface area contributed by atoms with Crippen molar-refractivity contribution in [3.63, 3.8) is 0 Å². The number of hydrogen-bond acceptors (Lipinski definition) is 2. The first-order valence-electron chi connectivity index (χ1n) is 9.81. The normalized spacial score (nSPS) is 15.0. The summed E-state index contributed by atoms with van der Waals surface area (Å²) in [6.45, 7) is 1.36. The third-order valence-corrected chi connectivity index (χ3v) is 5.54. The van der Waals surface area contributed by atoms with Crippen molar-refractivity contribution < 1.29 is 9.18 Å². The molecular weight excluding hydrogens is 353 g/mol. The van der Waals surface area contributed by atoms with Gasteiger partial charge in [-0.2, -0.15) is 5.10 Å². The highest BCUT2D eigenvalue weighted by Gasteiger charge is 2.27. The van der Waals surface area contributed by atoms with E-state index in [9.17, 15) is 9.18 Å². The van der Waals surface area contributed by atoms with Gasteiger partial charge in [0.2, 0.25) is 0 Å². The minimum absolute atomic E-state index is 0.0909. The first-order valence-corrected chi connectivity index (χ1v) is 9.81. The zero-order valence-corrected chi connectivity index (χ0v) is 15.8. The van der Waals surface area contributed by atoms with E-state index in [1.165, 1.54) is 29.0 Å². The van der Waals surface area contributed by atoms with Crippen molar-refractivity contribution in [1.82, 2.24) is 15.1 Å².